The van der Waals surface area contributed by atoms with Gasteiger partial charge in [-0.3, -0.25) is 0 Å². The zero-order valence-electron chi connectivity index (χ0n) is 22.7. The fourth-order valence-corrected chi connectivity index (χ4v) is 4.07. The van der Waals surface area contributed by atoms with Crippen LogP contribution in [0.2, 0.25) is 0 Å². The maximum absolute atomic E-state index is 9.30. The van der Waals surface area contributed by atoms with Crippen LogP contribution in [-0.4, -0.2) is 33.3 Å². The van der Waals surface area contributed by atoms with Crippen LogP contribution in [0.3, 0.4) is 0 Å². The molecule has 0 aliphatic heterocycles. The van der Waals surface area contributed by atoms with Crippen LogP contribution >= 0.6 is 0 Å². The highest BCUT2D eigenvalue weighted by atomic mass is 16.3. The molecule has 0 aliphatic carbocycles. The van der Waals surface area contributed by atoms with Crippen molar-refractivity contribution in [3.8, 4) is 0 Å². The van der Waals surface area contributed by atoms with Gasteiger partial charge in [0, 0.05) is 39.6 Å². The highest BCUT2D eigenvalue weighted by molar-refractivity contribution is 5.79. The number of aliphatic hydroxyl groups excluding tert-OH is 1. The Hall–Kier alpha value is -4.34. The molecule has 0 aliphatic rings. The number of hydrogen-bond donors (Lipinski definition) is 1. The molecule has 38 heavy (non-hydrogen) atoms. The molecule has 0 unspecified atom stereocenters. The van der Waals surface area contributed by atoms with Gasteiger partial charge in [-0.15, -0.1) is 0 Å². The molecule has 192 valence electrons. The standard InChI is InChI=1S/C35H36N2O/c1-36(2)34-19-15-28(16-20-34)8-13-32-23-31(12-7-27-5-10-30(26-38)11-6-27)24-33(25-32)14-9-29-17-21-35(22-18-29)37(3)4/h5-25,38H,26H2,1-4H3/b12-7+,13-8+,14-9+. The number of nitrogens with zero attached hydrogens (tertiary/aromatic N) is 2. The summed E-state index contributed by atoms with van der Waals surface area (Å²) in [6, 6.07) is 31.7. The normalized spacial score (nSPS) is 11.6. The van der Waals surface area contributed by atoms with Crippen LogP contribution in [0.4, 0.5) is 11.4 Å². The highest BCUT2D eigenvalue weighted by Gasteiger charge is 1.99. The molecule has 1 N–H and O–H groups in total. The van der Waals surface area contributed by atoms with Gasteiger partial charge in [-0.1, -0.05) is 85.0 Å². The van der Waals surface area contributed by atoms with E-state index in [1.54, 1.807) is 0 Å². The summed E-state index contributed by atoms with van der Waals surface area (Å²) in [6.45, 7) is 0.0593. The van der Waals surface area contributed by atoms with Crippen molar-refractivity contribution >= 4 is 47.8 Å². The lowest BCUT2D eigenvalue weighted by atomic mass is 10.0. The third-order valence-corrected chi connectivity index (χ3v) is 6.39. The number of hydrogen-bond acceptors (Lipinski definition) is 3. The Balaban J connectivity index is 1.61. The van der Waals surface area contributed by atoms with Gasteiger partial charge in [0.05, 0.1) is 6.61 Å². The molecule has 0 fully saturated rings. The van der Waals surface area contributed by atoms with Crippen molar-refractivity contribution in [1.29, 1.82) is 0 Å². The molecule has 4 aromatic rings. The average molecular weight is 501 g/mol. The van der Waals surface area contributed by atoms with E-state index in [2.05, 4.69) is 141 Å². The zero-order chi connectivity index (χ0) is 26.9. The van der Waals surface area contributed by atoms with Crippen molar-refractivity contribution in [2.75, 3.05) is 38.0 Å². The molecular weight excluding hydrogens is 464 g/mol. The summed E-state index contributed by atoms with van der Waals surface area (Å²) in [6.07, 6.45) is 12.9. The average Bonchev–Trinajstić information content (AvgIpc) is 2.94. The Morgan fingerprint density at radius 3 is 1.03 bits per heavy atom. The van der Waals surface area contributed by atoms with Crippen LogP contribution in [0.15, 0.2) is 91.0 Å². The first kappa shape index (κ1) is 26.7. The second-order valence-electron chi connectivity index (χ2n) is 9.80. The van der Waals surface area contributed by atoms with Crippen molar-refractivity contribution in [2.45, 2.75) is 6.61 Å². The van der Waals surface area contributed by atoms with E-state index in [9.17, 15) is 5.11 Å². The van der Waals surface area contributed by atoms with Crippen LogP contribution in [0.1, 0.15) is 38.9 Å². The van der Waals surface area contributed by atoms with E-state index >= 15 is 0 Å². The minimum Gasteiger partial charge on any atom is -0.392 e. The number of aliphatic hydroxyl groups is 1. The molecule has 0 amide bonds. The lowest BCUT2D eigenvalue weighted by molar-refractivity contribution is 0.282. The third-order valence-electron chi connectivity index (χ3n) is 6.39. The molecule has 3 nitrogen and oxygen atoms in total. The molecule has 3 heteroatoms. The van der Waals surface area contributed by atoms with Gasteiger partial charge in [-0.2, -0.15) is 0 Å². The molecule has 4 rings (SSSR count). The molecule has 0 saturated carbocycles. The van der Waals surface area contributed by atoms with Gasteiger partial charge >= 0.3 is 0 Å². The summed E-state index contributed by atoms with van der Waals surface area (Å²) in [4.78, 5) is 4.21. The maximum Gasteiger partial charge on any atom is 0.0681 e. The largest absolute Gasteiger partial charge is 0.392 e. The molecule has 0 bridgehead atoms. The lowest BCUT2D eigenvalue weighted by Gasteiger charge is -2.11. The van der Waals surface area contributed by atoms with Crippen LogP contribution in [-0.2, 0) is 6.61 Å². The maximum atomic E-state index is 9.30. The van der Waals surface area contributed by atoms with E-state index in [0.29, 0.717) is 0 Å². The summed E-state index contributed by atoms with van der Waals surface area (Å²) < 4.78 is 0. The number of anilines is 2. The van der Waals surface area contributed by atoms with Crippen molar-refractivity contribution in [1.82, 2.24) is 0 Å². The number of benzene rings is 4. The third kappa shape index (κ3) is 7.58. The first-order chi connectivity index (χ1) is 18.4. The van der Waals surface area contributed by atoms with Crippen molar-refractivity contribution in [3.63, 3.8) is 0 Å². The van der Waals surface area contributed by atoms with E-state index in [0.717, 1.165) is 27.8 Å². The summed E-state index contributed by atoms with van der Waals surface area (Å²) in [7, 11) is 8.21. The minimum absolute atomic E-state index is 0.0593. The Morgan fingerprint density at radius 2 is 0.737 bits per heavy atom. The van der Waals surface area contributed by atoms with Gasteiger partial charge in [0.25, 0.3) is 0 Å². The van der Waals surface area contributed by atoms with E-state index in [4.69, 9.17) is 0 Å². The Labute approximate surface area is 227 Å². The first-order valence-electron chi connectivity index (χ1n) is 12.8. The molecule has 0 spiro atoms. The topological polar surface area (TPSA) is 26.7 Å². The second-order valence-corrected chi connectivity index (χ2v) is 9.80. The summed E-state index contributed by atoms with van der Waals surface area (Å²) in [5, 5.41) is 9.30. The summed E-state index contributed by atoms with van der Waals surface area (Å²) >= 11 is 0. The number of rotatable bonds is 9. The molecule has 0 heterocycles. The Bertz CT molecular complexity index is 1330. The van der Waals surface area contributed by atoms with Gasteiger partial charge < -0.3 is 14.9 Å². The molecular formula is C35H36N2O. The summed E-state index contributed by atoms with van der Waals surface area (Å²) in [5.74, 6) is 0. The summed E-state index contributed by atoms with van der Waals surface area (Å²) in [5.41, 5.74) is 10.1. The van der Waals surface area contributed by atoms with Crippen LogP contribution in [0.25, 0.3) is 36.5 Å². The van der Waals surface area contributed by atoms with Gasteiger partial charge in [-0.25, -0.2) is 0 Å². The molecule has 4 aromatic carbocycles. The Morgan fingerprint density at radius 1 is 0.447 bits per heavy atom. The van der Waals surface area contributed by atoms with Crippen LogP contribution in [0, 0.1) is 0 Å². The fourth-order valence-electron chi connectivity index (χ4n) is 4.07. The van der Waals surface area contributed by atoms with Crippen molar-refractivity contribution in [2.24, 2.45) is 0 Å². The minimum atomic E-state index is 0.0593. The quantitative estimate of drug-likeness (QED) is 0.237. The van der Waals surface area contributed by atoms with E-state index < -0.39 is 0 Å². The first-order valence-corrected chi connectivity index (χ1v) is 12.8. The van der Waals surface area contributed by atoms with Crippen molar-refractivity contribution in [3.05, 3.63) is 130 Å². The van der Waals surface area contributed by atoms with E-state index in [1.165, 1.54) is 22.5 Å². The van der Waals surface area contributed by atoms with Gasteiger partial charge in [0.15, 0.2) is 0 Å². The molecule has 0 aromatic heterocycles. The predicted molar refractivity (Wildman–Crippen MR) is 167 cm³/mol. The monoisotopic (exact) mass is 500 g/mol. The van der Waals surface area contributed by atoms with E-state index in [-0.39, 0.29) is 6.61 Å². The van der Waals surface area contributed by atoms with Gasteiger partial charge in [0.2, 0.25) is 0 Å². The molecule has 0 radical (unpaired) electrons. The van der Waals surface area contributed by atoms with Gasteiger partial charge in [0.1, 0.15) is 0 Å². The van der Waals surface area contributed by atoms with Crippen LogP contribution in [0.5, 0.6) is 0 Å². The predicted octanol–water partition coefficient (Wildman–Crippen LogP) is 7.82. The fraction of sp³-hybridized carbons (Fsp3) is 0.143. The smallest absolute Gasteiger partial charge is 0.0681 e. The lowest BCUT2D eigenvalue weighted by Crippen LogP contribution is -2.07. The molecule has 0 atom stereocenters. The van der Waals surface area contributed by atoms with Crippen molar-refractivity contribution < 1.29 is 5.11 Å². The highest BCUT2D eigenvalue weighted by Crippen LogP contribution is 2.21. The molecule has 0 saturated heterocycles. The Kier molecular flexibility index (Phi) is 8.97. The van der Waals surface area contributed by atoms with Gasteiger partial charge in [-0.05, 0) is 81.4 Å². The SMILES string of the molecule is CN(C)c1ccc(/C=C/c2cc(/C=C/c3ccc(CO)cc3)cc(/C=C/c3ccc(N(C)C)cc3)c2)cc1. The zero-order valence-corrected chi connectivity index (χ0v) is 22.7. The van der Waals surface area contributed by atoms with Crippen LogP contribution < -0.4 is 9.80 Å². The van der Waals surface area contributed by atoms with E-state index in [1.807, 2.05) is 24.3 Å². The second kappa shape index (κ2) is 12.8.